The summed E-state index contributed by atoms with van der Waals surface area (Å²) in [7, 11) is -4.47. The molecular weight excluding hydrogens is 387 g/mol. The Balaban J connectivity index is 4.09. The number of hydrogen-bond acceptors (Lipinski definition) is 6. The summed E-state index contributed by atoms with van der Waals surface area (Å²) in [6.07, 6.45) is 6.98. The number of carbonyl (C=O) groups is 1. The lowest BCUT2D eigenvalue weighted by Crippen LogP contribution is -2.22. The van der Waals surface area contributed by atoms with E-state index in [2.05, 4.69) is 18.4 Å². The van der Waals surface area contributed by atoms with E-state index >= 15 is 0 Å². The highest BCUT2D eigenvalue weighted by Crippen LogP contribution is 2.35. The van der Waals surface area contributed by atoms with Gasteiger partial charge >= 0.3 is 13.8 Å². The lowest BCUT2D eigenvalue weighted by Gasteiger charge is -2.18. The van der Waals surface area contributed by atoms with Crippen molar-refractivity contribution >= 4 is 13.8 Å². The molecule has 0 heterocycles. The first-order chi connectivity index (χ1) is 13.2. The number of phosphoric ester groups is 1. The van der Waals surface area contributed by atoms with Gasteiger partial charge in [-0.3, -0.25) is 9.32 Å². The zero-order chi connectivity index (χ0) is 21.4. The summed E-state index contributed by atoms with van der Waals surface area (Å²) in [5.74, 6) is 0.558. The summed E-state index contributed by atoms with van der Waals surface area (Å²) >= 11 is 0. The maximum absolute atomic E-state index is 12.3. The average Bonchev–Trinajstić information content (AvgIpc) is 2.64. The fourth-order valence-electron chi connectivity index (χ4n) is 2.48. The standard InChI is InChI=1S/C19H37O8P/c1-5-8-9-17(6-2)15-26-19(20)18(7-3)10-11-25-16(4)14-24-12-13-27-28(21,22)23/h14,17-18H,5-13,15H2,1-4H3,(H2,21,22,23)/b16-14-. The van der Waals surface area contributed by atoms with E-state index in [4.69, 9.17) is 24.0 Å². The second kappa shape index (κ2) is 15.8. The molecule has 166 valence electrons. The maximum Gasteiger partial charge on any atom is 0.469 e. The van der Waals surface area contributed by atoms with Crippen LogP contribution in [0.1, 0.15) is 66.2 Å². The van der Waals surface area contributed by atoms with Gasteiger partial charge in [0, 0.05) is 0 Å². The van der Waals surface area contributed by atoms with E-state index in [9.17, 15) is 9.36 Å². The van der Waals surface area contributed by atoms with Crippen molar-refractivity contribution in [3.63, 3.8) is 0 Å². The van der Waals surface area contributed by atoms with E-state index in [0.717, 1.165) is 25.7 Å². The molecule has 0 bridgehead atoms. The molecule has 2 unspecified atom stereocenters. The van der Waals surface area contributed by atoms with Crippen LogP contribution in [-0.4, -0.2) is 42.2 Å². The van der Waals surface area contributed by atoms with Crippen molar-refractivity contribution in [3.05, 3.63) is 12.0 Å². The summed E-state index contributed by atoms with van der Waals surface area (Å²) in [6.45, 7) is 8.52. The van der Waals surface area contributed by atoms with Crippen molar-refractivity contribution in [2.45, 2.75) is 66.2 Å². The number of phosphoric acid groups is 1. The molecule has 0 aromatic rings. The highest BCUT2D eigenvalue weighted by atomic mass is 31.2. The second-order valence-electron chi connectivity index (χ2n) is 6.71. The molecule has 0 amide bonds. The minimum atomic E-state index is -4.47. The van der Waals surface area contributed by atoms with Gasteiger partial charge in [0.25, 0.3) is 0 Å². The number of hydrogen-bond donors (Lipinski definition) is 2. The van der Waals surface area contributed by atoms with Crippen LogP contribution >= 0.6 is 7.82 Å². The van der Waals surface area contributed by atoms with Crippen molar-refractivity contribution in [2.75, 3.05) is 26.4 Å². The molecule has 0 saturated heterocycles. The predicted molar refractivity (Wildman–Crippen MR) is 106 cm³/mol. The Morgan fingerprint density at radius 3 is 2.32 bits per heavy atom. The average molecular weight is 424 g/mol. The van der Waals surface area contributed by atoms with Crippen LogP contribution in [0.3, 0.4) is 0 Å². The van der Waals surface area contributed by atoms with Crippen LogP contribution in [0.25, 0.3) is 0 Å². The van der Waals surface area contributed by atoms with E-state index in [1.54, 1.807) is 6.92 Å². The Bertz CT molecular complexity index is 488. The lowest BCUT2D eigenvalue weighted by atomic mass is 10.00. The normalized spacial score (nSPS) is 14.4. The second-order valence-corrected chi connectivity index (χ2v) is 7.95. The summed E-state index contributed by atoms with van der Waals surface area (Å²) in [5, 5.41) is 0. The van der Waals surface area contributed by atoms with Gasteiger partial charge in [-0.25, -0.2) is 4.57 Å². The molecule has 0 aliphatic heterocycles. The molecule has 0 aromatic carbocycles. The third kappa shape index (κ3) is 14.9. The molecule has 0 spiro atoms. The summed E-state index contributed by atoms with van der Waals surface area (Å²) in [4.78, 5) is 29.4. The van der Waals surface area contributed by atoms with Gasteiger partial charge < -0.3 is 24.0 Å². The van der Waals surface area contributed by atoms with Crippen LogP contribution in [0.5, 0.6) is 0 Å². The van der Waals surface area contributed by atoms with Crippen molar-refractivity contribution in [3.8, 4) is 0 Å². The van der Waals surface area contributed by atoms with Crippen molar-refractivity contribution < 1.29 is 37.9 Å². The molecule has 8 nitrogen and oxygen atoms in total. The highest BCUT2D eigenvalue weighted by Gasteiger charge is 2.19. The largest absolute Gasteiger partial charge is 0.495 e. The van der Waals surface area contributed by atoms with Crippen LogP contribution < -0.4 is 0 Å². The van der Waals surface area contributed by atoms with Gasteiger partial charge in [0.1, 0.15) is 18.6 Å². The first-order valence-corrected chi connectivity index (χ1v) is 11.5. The van der Waals surface area contributed by atoms with Crippen LogP contribution in [0, 0.1) is 11.8 Å². The number of esters is 1. The number of rotatable bonds is 17. The van der Waals surface area contributed by atoms with E-state index in [1.165, 1.54) is 6.26 Å². The van der Waals surface area contributed by atoms with E-state index < -0.39 is 7.82 Å². The monoisotopic (exact) mass is 424 g/mol. The minimum Gasteiger partial charge on any atom is -0.495 e. The molecule has 2 N–H and O–H groups in total. The van der Waals surface area contributed by atoms with Crippen LogP contribution in [0.2, 0.25) is 0 Å². The molecule has 0 rings (SSSR count). The quantitative estimate of drug-likeness (QED) is 0.155. The van der Waals surface area contributed by atoms with E-state index in [-0.39, 0.29) is 25.1 Å². The van der Waals surface area contributed by atoms with Crippen LogP contribution in [0.15, 0.2) is 12.0 Å². The molecule has 28 heavy (non-hydrogen) atoms. The topological polar surface area (TPSA) is 112 Å². The first kappa shape index (κ1) is 26.9. The lowest BCUT2D eigenvalue weighted by molar-refractivity contribution is -0.150. The Hall–Kier alpha value is -1.08. The molecule has 0 fully saturated rings. The Morgan fingerprint density at radius 2 is 1.75 bits per heavy atom. The molecule has 0 aromatic heterocycles. The first-order valence-electron chi connectivity index (χ1n) is 10.0. The molecular formula is C19H37O8P. The summed E-state index contributed by atoms with van der Waals surface area (Å²) in [5.41, 5.74) is 0. The fraction of sp³-hybridized carbons (Fsp3) is 0.842. The van der Waals surface area contributed by atoms with Crippen LogP contribution in [-0.2, 0) is 28.1 Å². The van der Waals surface area contributed by atoms with Gasteiger partial charge in [-0.1, -0.05) is 40.0 Å². The minimum absolute atomic E-state index is 0.00759. The van der Waals surface area contributed by atoms with Crippen molar-refractivity contribution in [1.82, 2.24) is 0 Å². The maximum atomic E-state index is 12.3. The number of unbranched alkanes of at least 4 members (excludes halogenated alkanes) is 1. The van der Waals surface area contributed by atoms with Gasteiger partial charge in [0.05, 0.1) is 25.7 Å². The predicted octanol–water partition coefficient (Wildman–Crippen LogP) is 4.17. The zero-order valence-corrected chi connectivity index (χ0v) is 18.5. The van der Waals surface area contributed by atoms with Crippen molar-refractivity contribution in [1.29, 1.82) is 0 Å². The summed E-state index contributed by atoms with van der Waals surface area (Å²) in [6, 6.07) is 0. The number of carbonyl (C=O) groups excluding carboxylic acids is 1. The molecule has 9 heteroatoms. The van der Waals surface area contributed by atoms with Gasteiger partial charge in [-0.2, -0.15) is 0 Å². The summed E-state index contributed by atoms with van der Waals surface area (Å²) < 4.78 is 30.9. The SMILES string of the molecule is CCCCC(CC)COC(=O)C(CC)CCO/C(C)=C\OCCOP(=O)(O)O. The smallest absolute Gasteiger partial charge is 0.469 e. The van der Waals surface area contributed by atoms with Gasteiger partial charge in [-0.15, -0.1) is 0 Å². The molecule has 2 atom stereocenters. The van der Waals surface area contributed by atoms with Gasteiger partial charge in [0.2, 0.25) is 0 Å². The zero-order valence-electron chi connectivity index (χ0n) is 17.6. The molecule has 0 aliphatic carbocycles. The van der Waals surface area contributed by atoms with Crippen LogP contribution in [0.4, 0.5) is 0 Å². The number of allylic oxidation sites excluding steroid dienone is 1. The van der Waals surface area contributed by atoms with E-state index in [0.29, 0.717) is 37.7 Å². The molecule has 0 aliphatic rings. The third-order valence-electron chi connectivity index (χ3n) is 4.34. The number of ether oxygens (including phenoxy) is 3. The molecule has 0 radical (unpaired) electrons. The van der Waals surface area contributed by atoms with E-state index in [1.807, 2.05) is 6.92 Å². The van der Waals surface area contributed by atoms with Gasteiger partial charge in [0.15, 0.2) is 0 Å². The molecule has 0 saturated carbocycles. The fourth-order valence-corrected chi connectivity index (χ4v) is 2.79. The highest BCUT2D eigenvalue weighted by molar-refractivity contribution is 7.46. The Labute approximate surface area is 168 Å². The van der Waals surface area contributed by atoms with Gasteiger partial charge in [-0.05, 0) is 32.1 Å². The van der Waals surface area contributed by atoms with Crippen molar-refractivity contribution in [2.24, 2.45) is 11.8 Å². The third-order valence-corrected chi connectivity index (χ3v) is 4.86. The Kier molecular flexibility index (Phi) is 15.2. The Morgan fingerprint density at radius 1 is 1.04 bits per heavy atom.